The van der Waals surface area contributed by atoms with E-state index in [1.807, 2.05) is 11.8 Å². The van der Waals surface area contributed by atoms with Gasteiger partial charge in [0.15, 0.2) is 0 Å². The molecule has 52 valence electrons. The average molecular weight is 144 g/mol. The maximum Gasteiger partial charge on any atom is 0.0957 e. The highest BCUT2D eigenvalue weighted by molar-refractivity contribution is 8.03. The van der Waals surface area contributed by atoms with Crippen LogP contribution in [0.4, 0.5) is 0 Å². The molecule has 1 nitrogen and oxygen atoms in total. The van der Waals surface area contributed by atoms with Crippen molar-refractivity contribution >= 4 is 11.8 Å². The van der Waals surface area contributed by atoms with Crippen molar-refractivity contribution in [3.8, 4) is 0 Å². The zero-order chi connectivity index (χ0) is 6.91. The van der Waals surface area contributed by atoms with Crippen molar-refractivity contribution in [2.45, 2.75) is 24.7 Å². The second-order valence-corrected chi connectivity index (χ2v) is 3.72. The summed E-state index contributed by atoms with van der Waals surface area (Å²) in [7, 11) is 1.76. The first-order valence-corrected chi connectivity index (χ1v) is 4.01. The topological polar surface area (TPSA) is 9.23 Å². The van der Waals surface area contributed by atoms with Crippen LogP contribution >= 0.6 is 11.8 Å². The molecule has 1 aliphatic heterocycles. The van der Waals surface area contributed by atoms with Crippen molar-refractivity contribution < 1.29 is 4.74 Å². The van der Waals surface area contributed by atoms with Crippen LogP contribution < -0.4 is 0 Å². The van der Waals surface area contributed by atoms with Gasteiger partial charge >= 0.3 is 0 Å². The molecule has 1 aliphatic rings. The van der Waals surface area contributed by atoms with Crippen LogP contribution in [0.2, 0.25) is 0 Å². The molecule has 2 unspecified atom stereocenters. The summed E-state index contributed by atoms with van der Waals surface area (Å²) in [5.74, 6) is 0. The standard InChI is InChI=1S/C7H12OS/c1-6-7(2,8-3)4-5-9-6/h4-6H,1-3H3. The lowest BCUT2D eigenvalue weighted by atomic mass is 10.0. The highest BCUT2D eigenvalue weighted by Crippen LogP contribution is 2.34. The van der Waals surface area contributed by atoms with Gasteiger partial charge in [0.05, 0.1) is 5.60 Å². The predicted molar refractivity (Wildman–Crippen MR) is 41.6 cm³/mol. The van der Waals surface area contributed by atoms with Gasteiger partial charge in [-0.25, -0.2) is 0 Å². The fourth-order valence-electron chi connectivity index (χ4n) is 0.797. The average Bonchev–Trinajstić information content (AvgIpc) is 2.15. The Morgan fingerprint density at radius 2 is 2.33 bits per heavy atom. The summed E-state index contributed by atoms with van der Waals surface area (Å²) in [6.45, 7) is 4.28. The third-order valence-corrected chi connectivity index (χ3v) is 3.10. The summed E-state index contributed by atoms with van der Waals surface area (Å²) in [5, 5.41) is 2.66. The fraction of sp³-hybridized carbons (Fsp3) is 0.714. The lowest BCUT2D eigenvalue weighted by molar-refractivity contribution is 0.0528. The number of methoxy groups -OCH3 is 1. The Kier molecular flexibility index (Phi) is 1.87. The van der Waals surface area contributed by atoms with Gasteiger partial charge in [-0.15, -0.1) is 11.8 Å². The van der Waals surface area contributed by atoms with Crippen molar-refractivity contribution in [3.05, 3.63) is 11.5 Å². The van der Waals surface area contributed by atoms with E-state index in [-0.39, 0.29) is 5.60 Å². The Bertz CT molecular complexity index is 133. The molecule has 0 radical (unpaired) electrons. The van der Waals surface area contributed by atoms with Gasteiger partial charge in [0.2, 0.25) is 0 Å². The molecule has 0 aromatic carbocycles. The van der Waals surface area contributed by atoms with Crippen LogP contribution in [0.5, 0.6) is 0 Å². The molecule has 1 rings (SSSR count). The first-order chi connectivity index (χ1) is 4.19. The molecule has 0 amide bonds. The normalized spacial score (nSPS) is 41.9. The van der Waals surface area contributed by atoms with Gasteiger partial charge in [0, 0.05) is 12.4 Å². The van der Waals surface area contributed by atoms with Crippen molar-refractivity contribution in [1.82, 2.24) is 0 Å². The van der Waals surface area contributed by atoms with E-state index in [1.54, 1.807) is 7.11 Å². The van der Waals surface area contributed by atoms with Crippen LogP contribution in [0.15, 0.2) is 11.5 Å². The van der Waals surface area contributed by atoms with Crippen molar-refractivity contribution in [2.75, 3.05) is 7.11 Å². The Morgan fingerprint density at radius 1 is 1.67 bits per heavy atom. The molecular weight excluding hydrogens is 132 g/mol. The SMILES string of the molecule is COC1(C)C=CSC1C. The number of ether oxygens (including phenoxy) is 1. The molecule has 0 bridgehead atoms. The van der Waals surface area contributed by atoms with Gasteiger partial charge < -0.3 is 4.74 Å². The maximum atomic E-state index is 5.30. The number of hydrogen-bond acceptors (Lipinski definition) is 2. The molecule has 0 aromatic heterocycles. The van der Waals surface area contributed by atoms with Crippen LogP contribution in [0.25, 0.3) is 0 Å². The van der Waals surface area contributed by atoms with Crippen molar-refractivity contribution in [2.24, 2.45) is 0 Å². The molecule has 2 heteroatoms. The largest absolute Gasteiger partial charge is 0.373 e. The van der Waals surface area contributed by atoms with Crippen LogP contribution in [0.1, 0.15) is 13.8 Å². The van der Waals surface area contributed by atoms with Gasteiger partial charge in [-0.2, -0.15) is 0 Å². The summed E-state index contributed by atoms with van der Waals surface area (Å²) >= 11 is 1.82. The molecule has 2 atom stereocenters. The minimum Gasteiger partial charge on any atom is -0.373 e. The lowest BCUT2D eigenvalue weighted by Crippen LogP contribution is -2.31. The molecule has 0 aliphatic carbocycles. The second-order valence-electron chi connectivity index (χ2n) is 2.47. The van der Waals surface area contributed by atoms with E-state index in [4.69, 9.17) is 4.74 Å². The Balaban J connectivity index is 2.66. The first kappa shape index (κ1) is 7.16. The summed E-state index contributed by atoms with van der Waals surface area (Å²) in [6, 6.07) is 0. The number of hydrogen-bond donors (Lipinski definition) is 0. The van der Waals surface area contributed by atoms with E-state index in [0.29, 0.717) is 5.25 Å². The van der Waals surface area contributed by atoms with Crippen molar-refractivity contribution in [1.29, 1.82) is 0 Å². The Hall–Kier alpha value is 0.0500. The quantitative estimate of drug-likeness (QED) is 0.557. The number of thioether (sulfide) groups is 1. The Morgan fingerprint density at radius 3 is 2.56 bits per heavy atom. The summed E-state index contributed by atoms with van der Waals surface area (Å²) in [5.41, 5.74) is -0.0231. The van der Waals surface area contributed by atoms with Gasteiger partial charge in [-0.05, 0) is 25.3 Å². The maximum absolute atomic E-state index is 5.30. The van der Waals surface area contributed by atoms with Gasteiger partial charge in [-0.1, -0.05) is 0 Å². The summed E-state index contributed by atoms with van der Waals surface area (Å²) in [6.07, 6.45) is 2.11. The molecule has 0 spiro atoms. The zero-order valence-corrected chi connectivity index (χ0v) is 6.87. The molecule has 0 saturated heterocycles. The number of rotatable bonds is 1. The molecule has 1 heterocycles. The van der Waals surface area contributed by atoms with E-state index < -0.39 is 0 Å². The van der Waals surface area contributed by atoms with E-state index in [2.05, 4.69) is 25.3 Å². The minimum absolute atomic E-state index is 0.0231. The third-order valence-electron chi connectivity index (χ3n) is 1.93. The van der Waals surface area contributed by atoms with Crippen LogP contribution in [-0.2, 0) is 4.74 Å². The van der Waals surface area contributed by atoms with E-state index >= 15 is 0 Å². The van der Waals surface area contributed by atoms with Crippen LogP contribution in [-0.4, -0.2) is 18.0 Å². The highest BCUT2D eigenvalue weighted by atomic mass is 32.2. The molecule has 0 N–H and O–H groups in total. The third kappa shape index (κ3) is 1.14. The van der Waals surface area contributed by atoms with Crippen molar-refractivity contribution in [3.63, 3.8) is 0 Å². The second kappa shape index (κ2) is 2.35. The molecule has 0 saturated carbocycles. The van der Waals surface area contributed by atoms with E-state index in [0.717, 1.165) is 0 Å². The molecule has 0 aromatic rings. The highest BCUT2D eigenvalue weighted by Gasteiger charge is 2.31. The zero-order valence-electron chi connectivity index (χ0n) is 6.05. The van der Waals surface area contributed by atoms with E-state index in [1.165, 1.54) is 0 Å². The predicted octanol–water partition coefficient (Wildman–Crippen LogP) is 2.04. The van der Waals surface area contributed by atoms with Gasteiger partial charge in [-0.3, -0.25) is 0 Å². The summed E-state index contributed by atoms with van der Waals surface area (Å²) < 4.78 is 5.30. The minimum atomic E-state index is -0.0231. The monoisotopic (exact) mass is 144 g/mol. The van der Waals surface area contributed by atoms with Crippen LogP contribution in [0, 0.1) is 0 Å². The summed E-state index contributed by atoms with van der Waals surface area (Å²) in [4.78, 5) is 0. The van der Waals surface area contributed by atoms with E-state index in [9.17, 15) is 0 Å². The lowest BCUT2D eigenvalue weighted by Gasteiger charge is -2.24. The first-order valence-electron chi connectivity index (χ1n) is 3.07. The Labute approximate surface area is 60.5 Å². The van der Waals surface area contributed by atoms with Gasteiger partial charge in [0.1, 0.15) is 0 Å². The van der Waals surface area contributed by atoms with Gasteiger partial charge in [0.25, 0.3) is 0 Å². The molecular formula is C7H12OS. The van der Waals surface area contributed by atoms with Crippen LogP contribution in [0.3, 0.4) is 0 Å². The smallest absolute Gasteiger partial charge is 0.0957 e. The molecule has 9 heavy (non-hydrogen) atoms. The molecule has 0 fully saturated rings. The fourth-order valence-corrected chi connectivity index (χ4v) is 1.83.